The lowest BCUT2D eigenvalue weighted by Gasteiger charge is -2.18. The van der Waals surface area contributed by atoms with Gasteiger partial charge in [-0.2, -0.15) is 0 Å². The van der Waals surface area contributed by atoms with Gasteiger partial charge >= 0.3 is 0 Å². The van der Waals surface area contributed by atoms with Crippen molar-refractivity contribution in [2.45, 2.75) is 59.3 Å². The number of carbonyl (C=O) groups excluding carboxylic acids is 1. The number of aliphatic hydroxyl groups is 1. The summed E-state index contributed by atoms with van der Waals surface area (Å²) in [5.74, 6) is 1.71. The van der Waals surface area contributed by atoms with Crippen molar-refractivity contribution in [2.75, 3.05) is 19.8 Å². The molecule has 1 N–H and O–H groups in total. The van der Waals surface area contributed by atoms with Crippen LogP contribution in [0, 0.1) is 0 Å². The fourth-order valence-corrected chi connectivity index (χ4v) is 3.25. The second kappa shape index (κ2) is 10.8. The number of hydrogen-bond acceptors (Lipinski definition) is 5. The molecule has 1 saturated carbocycles. The minimum Gasteiger partial charge on any atom is -0.511 e. The number of nitrogens with zero attached hydrogens (tertiary/aromatic N) is 1. The topological polar surface area (TPSA) is 68.1 Å². The first-order chi connectivity index (χ1) is 13.1. The van der Waals surface area contributed by atoms with Gasteiger partial charge in [-0.25, -0.2) is 0 Å². The molecule has 0 bridgehead atoms. The quantitative estimate of drug-likeness (QED) is 0.497. The van der Waals surface area contributed by atoms with Crippen molar-refractivity contribution < 1.29 is 19.4 Å². The van der Waals surface area contributed by atoms with Crippen molar-refractivity contribution in [1.29, 1.82) is 0 Å². The molecule has 1 aromatic rings. The van der Waals surface area contributed by atoms with Crippen LogP contribution in [0.15, 0.2) is 34.5 Å². The molecule has 5 nitrogen and oxygen atoms in total. The van der Waals surface area contributed by atoms with Gasteiger partial charge in [0.2, 0.25) is 0 Å². The first kappa shape index (κ1) is 21.0. The Morgan fingerprint density at radius 1 is 1.11 bits per heavy atom. The molecular formula is C22H31NO4. The van der Waals surface area contributed by atoms with E-state index in [9.17, 15) is 9.90 Å². The van der Waals surface area contributed by atoms with Crippen LogP contribution < -0.4 is 9.47 Å². The van der Waals surface area contributed by atoms with Crippen LogP contribution in [-0.4, -0.2) is 36.4 Å². The van der Waals surface area contributed by atoms with E-state index in [1.165, 1.54) is 0 Å². The standard InChI is InChI=1S/C22H31NO4/c1-4-8-18(24)22-17(9-7-10-19(22)25)23-14-13-16-11-12-20(26-5-2)21(15-16)27-6-3/h11-12,15,24H,4-10,13-14H2,1-3H3. The van der Waals surface area contributed by atoms with E-state index < -0.39 is 0 Å². The molecule has 0 amide bonds. The molecule has 1 fully saturated rings. The second-order valence-electron chi connectivity index (χ2n) is 6.57. The zero-order chi connectivity index (χ0) is 19.6. The molecule has 0 aliphatic heterocycles. The Morgan fingerprint density at radius 3 is 2.56 bits per heavy atom. The average molecular weight is 373 g/mol. The maximum atomic E-state index is 12.2. The molecule has 0 aromatic heterocycles. The summed E-state index contributed by atoms with van der Waals surface area (Å²) in [5.41, 5.74) is 2.33. The number of ketones is 1. The number of aliphatic imine (C=N–C) groups is 1. The highest BCUT2D eigenvalue weighted by atomic mass is 16.5. The molecule has 148 valence electrons. The van der Waals surface area contributed by atoms with Crippen molar-refractivity contribution in [3.63, 3.8) is 0 Å². The number of hydrogen-bond donors (Lipinski definition) is 1. The van der Waals surface area contributed by atoms with Crippen LogP contribution in [0.3, 0.4) is 0 Å². The van der Waals surface area contributed by atoms with E-state index in [1.54, 1.807) is 0 Å². The van der Waals surface area contributed by atoms with Crippen molar-refractivity contribution >= 4 is 11.5 Å². The van der Waals surface area contributed by atoms with Gasteiger partial charge in [-0.1, -0.05) is 13.0 Å². The van der Waals surface area contributed by atoms with Crippen LogP contribution in [0.4, 0.5) is 0 Å². The summed E-state index contributed by atoms with van der Waals surface area (Å²) in [5, 5.41) is 10.3. The molecule has 1 aliphatic carbocycles. The van der Waals surface area contributed by atoms with Crippen molar-refractivity contribution in [3.8, 4) is 11.5 Å². The fraction of sp³-hybridized carbons (Fsp3) is 0.545. The predicted molar refractivity (Wildman–Crippen MR) is 108 cm³/mol. The number of aliphatic hydroxyl groups excluding tert-OH is 1. The SMILES string of the molecule is CCCC(O)=C1C(=O)CCCC1=NCCc1ccc(OCC)c(OCC)c1. The second-order valence-corrected chi connectivity index (χ2v) is 6.57. The van der Waals surface area contributed by atoms with E-state index in [4.69, 9.17) is 9.47 Å². The third kappa shape index (κ3) is 5.84. The Balaban J connectivity index is 2.12. The Hall–Kier alpha value is -2.30. The number of allylic oxidation sites excluding steroid dienone is 2. The maximum absolute atomic E-state index is 12.2. The molecule has 0 radical (unpaired) electrons. The molecule has 0 saturated heterocycles. The number of benzene rings is 1. The van der Waals surface area contributed by atoms with E-state index in [2.05, 4.69) is 4.99 Å². The largest absolute Gasteiger partial charge is 0.511 e. The van der Waals surface area contributed by atoms with Crippen molar-refractivity contribution in [1.82, 2.24) is 0 Å². The molecule has 1 aromatic carbocycles. The molecular weight excluding hydrogens is 342 g/mol. The molecule has 0 spiro atoms. The molecule has 0 atom stereocenters. The summed E-state index contributed by atoms with van der Waals surface area (Å²) in [6.07, 6.45) is 4.13. The van der Waals surface area contributed by atoms with Crippen LogP contribution in [0.25, 0.3) is 0 Å². The van der Waals surface area contributed by atoms with Gasteiger partial charge in [0.05, 0.1) is 18.8 Å². The normalized spacial score (nSPS) is 17.9. The summed E-state index contributed by atoms with van der Waals surface area (Å²) in [7, 11) is 0. The molecule has 2 rings (SSSR count). The van der Waals surface area contributed by atoms with E-state index in [-0.39, 0.29) is 11.5 Å². The highest BCUT2D eigenvalue weighted by Crippen LogP contribution is 2.29. The number of rotatable bonds is 9. The van der Waals surface area contributed by atoms with Gasteiger partial charge in [0.1, 0.15) is 5.76 Å². The number of carbonyl (C=O) groups is 1. The third-order valence-corrected chi connectivity index (χ3v) is 4.47. The van der Waals surface area contributed by atoms with Gasteiger partial charge in [0.15, 0.2) is 17.3 Å². The summed E-state index contributed by atoms with van der Waals surface area (Å²) < 4.78 is 11.3. The average Bonchev–Trinajstić information content (AvgIpc) is 2.64. The first-order valence-corrected chi connectivity index (χ1v) is 9.98. The maximum Gasteiger partial charge on any atom is 0.168 e. The lowest BCUT2D eigenvalue weighted by Crippen LogP contribution is -2.21. The summed E-state index contributed by atoms with van der Waals surface area (Å²) in [4.78, 5) is 16.9. The van der Waals surface area contributed by atoms with Crippen molar-refractivity contribution in [3.05, 3.63) is 35.1 Å². The Bertz CT molecular complexity index is 706. The minimum absolute atomic E-state index is 0.0191. The van der Waals surface area contributed by atoms with Gasteiger partial charge in [0, 0.05) is 25.1 Å². The van der Waals surface area contributed by atoms with Crippen LogP contribution in [0.5, 0.6) is 11.5 Å². The molecule has 0 unspecified atom stereocenters. The smallest absolute Gasteiger partial charge is 0.168 e. The Labute approximate surface area is 162 Å². The Kier molecular flexibility index (Phi) is 8.37. The molecule has 27 heavy (non-hydrogen) atoms. The van der Waals surface area contributed by atoms with Crippen LogP contribution in [0.2, 0.25) is 0 Å². The van der Waals surface area contributed by atoms with E-state index in [0.717, 1.165) is 48.5 Å². The van der Waals surface area contributed by atoms with E-state index in [0.29, 0.717) is 38.2 Å². The Morgan fingerprint density at radius 2 is 1.85 bits per heavy atom. The molecule has 1 aliphatic rings. The lowest BCUT2D eigenvalue weighted by atomic mass is 9.89. The van der Waals surface area contributed by atoms with Crippen LogP contribution >= 0.6 is 0 Å². The van der Waals surface area contributed by atoms with Crippen LogP contribution in [-0.2, 0) is 11.2 Å². The zero-order valence-electron chi connectivity index (χ0n) is 16.7. The fourth-order valence-electron chi connectivity index (χ4n) is 3.25. The van der Waals surface area contributed by atoms with Gasteiger partial charge in [-0.15, -0.1) is 0 Å². The highest BCUT2D eigenvalue weighted by Gasteiger charge is 2.24. The summed E-state index contributed by atoms with van der Waals surface area (Å²) in [6.45, 7) is 7.64. The van der Waals surface area contributed by atoms with Gasteiger partial charge < -0.3 is 14.6 Å². The van der Waals surface area contributed by atoms with Crippen molar-refractivity contribution in [2.24, 2.45) is 4.99 Å². The van der Waals surface area contributed by atoms with E-state index in [1.807, 2.05) is 39.0 Å². The highest BCUT2D eigenvalue weighted by molar-refractivity contribution is 6.24. The summed E-state index contributed by atoms with van der Waals surface area (Å²) in [6, 6.07) is 5.94. The lowest BCUT2D eigenvalue weighted by molar-refractivity contribution is -0.115. The zero-order valence-corrected chi connectivity index (χ0v) is 16.7. The van der Waals surface area contributed by atoms with Gasteiger partial charge in [-0.3, -0.25) is 9.79 Å². The molecule has 5 heteroatoms. The number of ether oxygens (including phenoxy) is 2. The third-order valence-electron chi connectivity index (χ3n) is 4.47. The first-order valence-electron chi connectivity index (χ1n) is 9.98. The van der Waals surface area contributed by atoms with Crippen LogP contribution in [0.1, 0.15) is 58.4 Å². The van der Waals surface area contributed by atoms with E-state index >= 15 is 0 Å². The summed E-state index contributed by atoms with van der Waals surface area (Å²) >= 11 is 0. The van der Waals surface area contributed by atoms with Gasteiger partial charge in [0.25, 0.3) is 0 Å². The minimum atomic E-state index is 0.0191. The monoisotopic (exact) mass is 373 g/mol. The predicted octanol–water partition coefficient (Wildman–Crippen LogP) is 4.83. The molecule has 0 heterocycles. The number of Topliss-reactive ketones (excluding diaryl/α,β-unsaturated/α-hetero) is 1. The van der Waals surface area contributed by atoms with Gasteiger partial charge in [-0.05, 0) is 57.2 Å².